The molecular weight excluding hydrogens is 228 g/mol. The lowest BCUT2D eigenvalue weighted by atomic mass is 10.1. The fourth-order valence-corrected chi connectivity index (χ4v) is 1.69. The Balaban J connectivity index is 1.83. The van der Waals surface area contributed by atoms with Crippen LogP contribution in [-0.4, -0.2) is 21.7 Å². The van der Waals surface area contributed by atoms with Crippen LogP contribution in [0.4, 0.5) is 0 Å². The largest absolute Gasteiger partial charge is 0.508 e. The number of hydrogen-bond donors (Lipinski definition) is 3. The molecule has 1 aromatic heterocycles. The highest BCUT2D eigenvalue weighted by atomic mass is 16.3. The molecule has 3 N–H and O–H groups in total. The van der Waals surface area contributed by atoms with E-state index in [1.165, 1.54) is 0 Å². The average molecular weight is 244 g/mol. The number of hydrogen-bond acceptors (Lipinski definition) is 4. The summed E-state index contributed by atoms with van der Waals surface area (Å²) in [5, 5.41) is 22.4. The molecule has 1 aromatic carbocycles. The highest BCUT2D eigenvalue weighted by molar-refractivity contribution is 5.28. The van der Waals surface area contributed by atoms with Crippen molar-refractivity contribution >= 4 is 0 Å². The Hall–Kier alpha value is -1.91. The summed E-state index contributed by atoms with van der Waals surface area (Å²) >= 11 is 0. The van der Waals surface area contributed by atoms with Crippen molar-refractivity contribution in [3.63, 3.8) is 0 Å². The van der Waals surface area contributed by atoms with E-state index in [1.807, 2.05) is 18.2 Å². The number of phenols is 1. The number of aromatic hydroxyl groups is 1. The van der Waals surface area contributed by atoms with Gasteiger partial charge in [0, 0.05) is 19.3 Å². The first kappa shape index (κ1) is 12.5. The Kier molecular flexibility index (Phi) is 4.28. The fourth-order valence-electron chi connectivity index (χ4n) is 1.69. The molecule has 0 spiro atoms. The van der Waals surface area contributed by atoms with E-state index >= 15 is 0 Å². The van der Waals surface area contributed by atoms with Crippen molar-refractivity contribution in [2.75, 3.05) is 6.54 Å². The lowest BCUT2D eigenvalue weighted by Crippen LogP contribution is -2.21. The van der Waals surface area contributed by atoms with Gasteiger partial charge in [0.25, 0.3) is 0 Å². The van der Waals surface area contributed by atoms with Gasteiger partial charge in [-0.15, -0.1) is 0 Å². The minimum atomic E-state index is -0.638. The van der Waals surface area contributed by atoms with Crippen LogP contribution in [-0.2, 0) is 6.54 Å². The molecule has 18 heavy (non-hydrogen) atoms. The zero-order chi connectivity index (χ0) is 12.8. The summed E-state index contributed by atoms with van der Waals surface area (Å²) in [7, 11) is 0. The van der Waals surface area contributed by atoms with E-state index in [0.29, 0.717) is 18.7 Å². The smallest absolute Gasteiger partial charge is 0.115 e. The van der Waals surface area contributed by atoms with Gasteiger partial charge in [0.2, 0.25) is 0 Å². The van der Waals surface area contributed by atoms with Gasteiger partial charge in [-0.3, -0.25) is 4.98 Å². The lowest BCUT2D eigenvalue weighted by molar-refractivity contribution is 0.174. The number of aromatic nitrogens is 1. The van der Waals surface area contributed by atoms with E-state index in [0.717, 1.165) is 5.69 Å². The third-order valence-electron chi connectivity index (χ3n) is 2.62. The van der Waals surface area contributed by atoms with Crippen molar-refractivity contribution in [3.8, 4) is 5.75 Å². The predicted octanol–water partition coefficient (Wildman–Crippen LogP) is 1.61. The Bertz CT molecular complexity index is 488. The first-order valence-corrected chi connectivity index (χ1v) is 5.83. The maximum absolute atomic E-state index is 9.93. The van der Waals surface area contributed by atoms with E-state index in [1.54, 1.807) is 30.5 Å². The van der Waals surface area contributed by atoms with Gasteiger partial charge in [-0.1, -0.05) is 18.2 Å². The zero-order valence-corrected chi connectivity index (χ0v) is 9.95. The molecule has 0 amide bonds. The standard InChI is InChI=1S/C14H16N2O2/c17-13-6-3-4-11(8-13)14(18)10-15-9-12-5-1-2-7-16-12/h1-8,14-15,17-18H,9-10H2/t14-/m1/s1. The number of nitrogens with one attached hydrogen (secondary N) is 1. The number of phenolic OH excluding ortho intramolecular Hbond substituents is 1. The second-order valence-electron chi connectivity index (χ2n) is 4.06. The molecule has 94 valence electrons. The van der Waals surface area contributed by atoms with Gasteiger partial charge in [-0.25, -0.2) is 0 Å². The van der Waals surface area contributed by atoms with Crippen molar-refractivity contribution in [1.29, 1.82) is 0 Å². The molecule has 0 bridgehead atoms. The van der Waals surface area contributed by atoms with Crippen LogP contribution in [0.5, 0.6) is 5.75 Å². The van der Waals surface area contributed by atoms with Gasteiger partial charge in [-0.2, -0.15) is 0 Å². The van der Waals surface area contributed by atoms with E-state index < -0.39 is 6.10 Å². The average Bonchev–Trinajstić information content (AvgIpc) is 2.40. The van der Waals surface area contributed by atoms with E-state index in [-0.39, 0.29) is 5.75 Å². The summed E-state index contributed by atoms with van der Waals surface area (Å²) in [6.07, 6.45) is 1.10. The Morgan fingerprint density at radius 1 is 1.17 bits per heavy atom. The third-order valence-corrected chi connectivity index (χ3v) is 2.62. The van der Waals surface area contributed by atoms with E-state index in [4.69, 9.17) is 0 Å². The first-order chi connectivity index (χ1) is 8.75. The van der Waals surface area contributed by atoms with Crippen molar-refractivity contribution in [2.45, 2.75) is 12.6 Å². The Morgan fingerprint density at radius 3 is 2.78 bits per heavy atom. The molecule has 0 saturated carbocycles. The quantitative estimate of drug-likeness (QED) is 0.747. The van der Waals surface area contributed by atoms with Crippen LogP contribution in [0.2, 0.25) is 0 Å². The monoisotopic (exact) mass is 244 g/mol. The minimum absolute atomic E-state index is 0.163. The minimum Gasteiger partial charge on any atom is -0.508 e. The van der Waals surface area contributed by atoms with E-state index in [9.17, 15) is 10.2 Å². The predicted molar refractivity (Wildman–Crippen MR) is 69.0 cm³/mol. The van der Waals surface area contributed by atoms with Crippen LogP contribution in [0.15, 0.2) is 48.7 Å². The zero-order valence-electron chi connectivity index (χ0n) is 9.95. The Labute approximate surface area is 106 Å². The molecule has 4 nitrogen and oxygen atoms in total. The van der Waals surface area contributed by atoms with Gasteiger partial charge < -0.3 is 15.5 Å². The van der Waals surface area contributed by atoms with Crippen LogP contribution >= 0.6 is 0 Å². The van der Waals surface area contributed by atoms with Crippen molar-refractivity contribution in [2.24, 2.45) is 0 Å². The molecule has 0 radical (unpaired) electrons. The lowest BCUT2D eigenvalue weighted by Gasteiger charge is -2.12. The Morgan fingerprint density at radius 2 is 2.06 bits per heavy atom. The summed E-state index contributed by atoms with van der Waals surface area (Å²) in [6, 6.07) is 12.4. The normalized spacial score (nSPS) is 12.3. The molecule has 0 fully saturated rings. The second-order valence-corrected chi connectivity index (χ2v) is 4.06. The van der Waals surface area contributed by atoms with E-state index in [2.05, 4.69) is 10.3 Å². The molecule has 0 aliphatic heterocycles. The van der Waals surface area contributed by atoms with Crippen LogP contribution in [0.25, 0.3) is 0 Å². The van der Waals surface area contributed by atoms with Crippen LogP contribution in [0.3, 0.4) is 0 Å². The maximum atomic E-state index is 9.93. The van der Waals surface area contributed by atoms with Gasteiger partial charge in [0.1, 0.15) is 5.75 Å². The van der Waals surface area contributed by atoms with Crippen LogP contribution in [0.1, 0.15) is 17.4 Å². The summed E-state index contributed by atoms with van der Waals surface area (Å²) in [4.78, 5) is 4.18. The highest BCUT2D eigenvalue weighted by Crippen LogP contribution is 2.17. The van der Waals surface area contributed by atoms with Crippen LogP contribution in [0, 0.1) is 0 Å². The number of aliphatic hydroxyl groups is 1. The second kappa shape index (κ2) is 6.14. The van der Waals surface area contributed by atoms with Gasteiger partial charge >= 0.3 is 0 Å². The summed E-state index contributed by atoms with van der Waals surface area (Å²) < 4.78 is 0. The number of benzene rings is 1. The molecule has 2 aromatic rings. The van der Waals surface area contributed by atoms with Crippen LogP contribution < -0.4 is 5.32 Å². The van der Waals surface area contributed by atoms with Gasteiger partial charge in [-0.05, 0) is 29.8 Å². The SMILES string of the molecule is Oc1cccc([C@H](O)CNCc2ccccn2)c1. The highest BCUT2D eigenvalue weighted by Gasteiger charge is 2.07. The molecular formula is C14H16N2O2. The molecule has 0 aliphatic rings. The summed E-state index contributed by atoms with van der Waals surface area (Å²) in [5.41, 5.74) is 1.63. The van der Waals surface area contributed by atoms with Gasteiger partial charge in [0.15, 0.2) is 0 Å². The molecule has 0 unspecified atom stereocenters. The molecule has 0 aliphatic carbocycles. The number of aliphatic hydroxyl groups excluding tert-OH is 1. The van der Waals surface area contributed by atoms with Crippen molar-refractivity contribution < 1.29 is 10.2 Å². The number of rotatable bonds is 5. The van der Waals surface area contributed by atoms with Gasteiger partial charge in [0.05, 0.1) is 11.8 Å². The topological polar surface area (TPSA) is 65.4 Å². The molecule has 0 saturated heterocycles. The molecule has 1 atom stereocenters. The summed E-state index contributed by atoms with van der Waals surface area (Å²) in [6.45, 7) is 1.02. The third kappa shape index (κ3) is 3.55. The fraction of sp³-hybridized carbons (Fsp3) is 0.214. The number of nitrogens with zero attached hydrogens (tertiary/aromatic N) is 1. The molecule has 4 heteroatoms. The summed E-state index contributed by atoms with van der Waals surface area (Å²) in [5.74, 6) is 0.163. The number of pyridine rings is 1. The first-order valence-electron chi connectivity index (χ1n) is 5.83. The molecule has 1 heterocycles. The van der Waals surface area contributed by atoms with Crippen molar-refractivity contribution in [3.05, 3.63) is 59.9 Å². The molecule has 2 rings (SSSR count). The van der Waals surface area contributed by atoms with Crippen molar-refractivity contribution in [1.82, 2.24) is 10.3 Å². The maximum Gasteiger partial charge on any atom is 0.115 e.